The van der Waals surface area contributed by atoms with E-state index in [4.69, 9.17) is 10.9 Å². The van der Waals surface area contributed by atoms with Crippen molar-refractivity contribution in [1.82, 2.24) is 0 Å². The first kappa shape index (κ1) is 16.2. The highest BCUT2D eigenvalue weighted by Crippen LogP contribution is 2.30. The molecule has 1 aromatic carbocycles. The average Bonchev–Trinajstić information content (AvgIpc) is 2.36. The quantitative estimate of drug-likeness (QED) is 0.198. The number of hydrogen-bond donors (Lipinski definition) is 2. The van der Waals surface area contributed by atoms with Crippen molar-refractivity contribution in [1.29, 1.82) is 0 Å². The molecule has 1 aromatic rings. The summed E-state index contributed by atoms with van der Waals surface area (Å²) in [6.07, 6.45) is 1.10. The lowest BCUT2D eigenvalue weighted by Crippen LogP contribution is -2.13. The van der Waals surface area contributed by atoms with Crippen LogP contribution in [0.25, 0.3) is 0 Å². The third-order valence-electron chi connectivity index (χ3n) is 2.27. The molecule has 0 aliphatic rings. The van der Waals surface area contributed by atoms with Gasteiger partial charge in [0.1, 0.15) is 9.84 Å². The first-order valence-electron chi connectivity index (χ1n) is 5.31. The second-order valence-corrected chi connectivity index (χ2v) is 7.30. The first-order valence-corrected chi connectivity index (χ1v) is 8.36. The van der Waals surface area contributed by atoms with Crippen LogP contribution in [0.15, 0.2) is 28.3 Å². The molecule has 8 nitrogen and oxygen atoms in total. The molecule has 0 radical (unpaired) electrons. The lowest BCUT2D eigenvalue weighted by atomic mass is 10.2. The Kier molecular flexibility index (Phi) is 5.34. The summed E-state index contributed by atoms with van der Waals surface area (Å²) in [5.74, 6) is -0.0971. The zero-order valence-corrected chi connectivity index (χ0v) is 12.1. The van der Waals surface area contributed by atoms with E-state index >= 15 is 0 Å². The summed E-state index contributed by atoms with van der Waals surface area (Å²) in [5, 5.41) is 22.3. The third-order valence-corrected chi connectivity index (χ3v) is 4.54. The van der Waals surface area contributed by atoms with Crippen LogP contribution in [0.3, 0.4) is 0 Å². The molecular weight excluding hydrogens is 306 g/mol. The Hall–Kier alpha value is -1.81. The van der Waals surface area contributed by atoms with Gasteiger partial charge in [0.05, 0.1) is 15.6 Å². The molecule has 0 amide bonds. The predicted octanol–water partition coefficient (Wildman–Crippen LogP) is 0.826. The number of rotatable bonds is 6. The van der Waals surface area contributed by atoms with Crippen molar-refractivity contribution in [3.63, 3.8) is 0 Å². The number of nitro groups is 1. The van der Waals surface area contributed by atoms with Gasteiger partial charge >= 0.3 is 0 Å². The van der Waals surface area contributed by atoms with E-state index in [0.717, 1.165) is 18.0 Å². The molecule has 1 rings (SSSR count). The van der Waals surface area contributed by atoms with Gasteiger partial charge in [0.25, 0.3) is 5.69 Å². The molecule has 0 saturated heterocycles. The van der Waals surface area contributed by atoms with Crippen LogP contribution in [0.5, 0.6) is 0 Å². The number of nitrogens with two attached hydrogens (primary N) is 1. The maximum Gasteiger partial charge on any atom is 0.283 e. The molecular formula is C10H13N3O5S2. The molecule has 20 heavy (non-hydrogen) atoms. The molecule has 0 aliphatic carbocycles. The Balaban J connectivity index is 2.99. The molecule has 3 N–H and O–H groups in total. The van der Waals surface area contributed by atoms with Crippen molar-refractivity contribution in [2.45, 2.75) is 4.90 Å². The van der Waals surface area contributed by atoms with Crippen molar-refractivity contribution in [2.24, 2.45) is 10.9 Å². The average molecular weight is 319 g/mol. The van der Waals surface area contributed by atoms with E-state index in [1.807, 2.05) is 0 Å². The van der Waals surface area contributed by atoms with E-state index in [1.54, 1.807) is 0 Å². The van der Waals surface area contributed by atoms with Crippen LogP contribution in [-0.4, -0.2) is 42.1 Å². The van der Waals surface area contributed by atoms with E-state index in [1.165, 1.54) is 18.2 Å². The topological polar surface area (TPSA) is 136 Å². The van der Waals surface area contributed by atoms with Crippen LogP contribution >= 0.6 is 11.8 Å². The summed E-state index contributed by atoms with van der Waals surface area (Å²) >= 11 is 1.07. The third kappa shape index (κ3) is 4.70. The van der Waals surface area contributed by atoms with Gasteiger partial charge in [0.2, 0.25) is 0 Å². The second kappa shape index (κ2) is 6.57. The van der Waals surface area contributed by atoms with Crippen molar-refractivity contribution in [3.05, 3.63) is 33.9 Å². The lowest BCUT2D eigenvalue weighted by Gasteiger charge is -2.05. The number of nitro benzene ring substituents is 1. The fourth-order valence-corrected chi connectivity index (χ4v) is 3.51. The molecule has 0 unspecified atom stereocenters. The summed E-state index contributed by atoms with van der Waals surface area (Å²) in [6.45, 7) is 0. The van der Waals surface area contributed by atoms with Crippen molar-refractivity contribution >= 4 is 33.1 Å². The van der Waals surface area contributed by atoms with Crippen LogP contribution in [0.1, 0.15) is 5.56 Å². The van der Waals surface area contributed by atoms with Crippen molar-refractivity contribution in [3.8, 4) is 0 Å². The zero-order valence-electron chi connectivity index (χ0n) is 10.5. The van der Waals surface area contributed by atoms with Gasteiger partial charge in [0, 0.05) is 23.6 Å². The SMILES string of the molecule is CS(=O)(=O)CCSc1ccc(C(N)=NO)cc1[N+](=O)[O-]. The molecule has 0 aromatic heterocycles. The molecule has 0 saturated carbocycles. The fourth-order valence-electron chi connectivity index (χ4n) is 1.30. The van der Waals surface area contributed by atoms with Crippen LogP contribution in [-0.2, 0) is 9.84 Å². The lowest BCUT2D eigenvalue weighted by molar-refractivity contribution is -0.387. The minimum Gasteiger partial charge on any atom is -0.409 e. The normalized spacial score (nSPS) is 12.3. The van der Waals surface area contributed by atoms with Gasteiger partial charge in [-0.25, -0.2) is 8.42 Å². The van der Waals surface area contributed by atoms with Gasteiger partial charge < -0.3 is 10.9 Å². The zero-order chi connectivity index (χ0) is 15.3. The van der Waals surface area contributed by atoms with E-state index < -0.39 is 14.8 Å². The van der Waals surface area contributed by atoms with Gasteiger partial charge in [-0.05, 0) is 12.1 Å². The van der Waals surface area contributed by atoms with Crippen molar-refractivity contribution in [2.75, 3.05) is 17.8 Å². The van der Waals surface area contributed by atoms with E-state index in [0.29, 0.717) is 4.90 Å². The van der Waals surface area contributed by atoms with Gasteiger partial charge in [0.15, 0.2) is 5.84 Å². The summed E-state index contributed by atoms with van der Waals surface area (Å²) in [6, 6.07) is 4.08. The minimum absolute atomic E-state index is 0.0726. The number of thioether (sulfide) groups is 1. The van der Waals surface area contributed by atoms with Gasteiger partial charge in [-0.2, -0.15) is 0 Å². The smallest absolute Gasteiger partial charge is 0.283 e. The highest BCUT2D eigenvalue weighted by atomic mass is 32.2. The Bertz CT molecular complexity index is 642. The predicted molar refractivity (Wildman–Crippen MR) is 76.0 cm³/mol. The molecule has 110 valence electrons. The summed E-state index contributed by atoms with van der Waals surface area (Å²) in [5.41, 5.74) is 5.36. The summed E-state index contributed by atoms with van der Waals surface area (Å²) in [4.78, 5) is 10.7. The number of benzene rings is 1. The molecule has 0 spiro atoms. The van der Waals surface area contributed by atoms with Gasteiger partial charge in [-0.3, -0.25) is 10.1 Å². The molecule has 10 heteroatoms. The van der Waals surface area contributed by atoms with E-state index in [9.17, 15) is 18.5 Å². The van der Waals surface area contributed by atoms with Gasteiger partial charge in [-0.1, -0.05) is 5.16 Å². The van der Waals surface area contributed by atoms with Crippen LogP contribution in [0.2, 0.25) is 0 Å². The summed E-state index contributed by atoms with van der Waals surface area (Å²) in [7, 11) is -3.12. The fraction of sp³-hybridized carbons (Fsp3) is 0.300. The van der Waals surface area contributed by atoms with Crippen LogP contribution in [0, 0.1) is 10.1 Å². The standard InChI is InChI=1S/C10H13N3O5S2/c1-20(17,18)5-4-19-9-3-2-7(10(11)12-14)6-8(9)13(15)16/h2-3,6,14H,4-5H2,1H3,(H2,11,12). The number of sulfone groups is 1. The molecule has 0 bridgehead atoms. The maximum atomic E-state index is 11.0. The monoisotopic (exact) mass is 319 g/mol. The number of hydrogen-bond acceptors (Lipinski definition) is 7. The second-order valence-electron chi connectivity index (χ2n) is 3.90. The first-order chi connectivity index (χ1) is 9.24. The Morgan fingerprint density at radius 3 is 2.70 bits per heavy atom. The largest absolute Gasteiger partial charge is 0.409 e. The highest BCUT2D eigenvalue weighted by Gasteiger charge is 2.17. The molecule has 0 heterocycles. The van der Waals surface area contributed by atoms with E-state index in [-0.39, 0.29) is 28.6 Å². The number of oxime groups is 1. The van der Waals surface area contributed by atoms with Crippen molar-refractivity contribution < 1.29 is 18.5 Å². The van der Waals surface area contributed by atoms with Gasteiger partial charge in [-0.15, -0.1) is 11.8 Å². The Morgan fingerprint density at radius 1 is 1.55 bits per heavy atom. The summed E-state index contributed by atoms with van der Waals surface area (Å²) < 4.78 is 22.0. The molecule has 0 atom stereocenters. The molecule has 0 aliphatic heterocycles. The highest BCUT2D eigenvalue weighted by molar-refractivity contribution is 8.00. The Morgan fingerprint density at radius 2 is 2.20 bits per heavy atom. The number of amidine groups is 1. The minimum atomic E-state index is -3.12. The van der Waals surface area contributed by atoms with E-state index in [2.05, 4.69) is 5.16 Å². The maximum absolute atomic E-state index is 11.0. The number of nitrogens with zero attached hydrogens (tertiary/aromatic N) is 2. The Labute approximate surface area is 119 Å². The van der Waals surface area contributed by atoms with Crippen LogP contribution in [0.4, 0.5) is 5.69 Å². The van der Waals surface area contributed by atoms with Crippen LogP contribution < -0.4 is 5.73 Å². The molecule has 0 fully saturated rings.